The van der Waals surface area contributed by atoms with Crippen molar-refractivity contribution in [1.82, 2.24) is 4.57 Å². The van der Waals surface area contributed by atoms with Crippen molar-refractivity contribution in [2.45, 2.75) is 13.8 Å². The number of imide groups is 1. The Hall–Kier alpha value is -6.52. The summed E-state index contributed by atoms with van der Waals surface area (Å²) >= 11 is 0. The Labute approximate surface area is 290 Å². The highest BCUT2D eigenvalue weighted by molar-refractivity contribution is 6.36. The second-order valence-electron chi connectivity index (χ2n) is 13.0. The number of para-hydroxylation sites is 3. The van der Waals surface area contributed by atoms with Gasteiger partial charge in [0.1, 0.15) is 0 Å². The van der Waals surface area contributed by atoms with Gasteiger partial charge in [0.05, 0.1) is 33.5 Å². The Kier molecular flexibility index (Phi) is 6.85. The number of carbonyl (C=O) groups is 2. The third-order valence-corrected chi connectivity index (χ3v) is 9.90. The lowest BCUT2D eigenvalue weighted by molar-refractivity contribution is 0.0926. The molecule has 0 N–H and O–H groups in total. The summed E-state index contributed by atoms with van der Waals surface area (Å²) in [5.41, 5.74) is 12.4. The molecule has 0 aliphatic carbocycles. The SMILES string of the molecule is Cc1ccc(-c2cccc3c4cccc(-c5ccc(C)cc5)c4n(-c4cccc5c4C(=O)N(c4ccccc4-c4ccccc4)C5=O)c23)cc1. The van der Waals surface area contributed by atoms with Crippen LogP contribution in [0.25, 0.3) is 60.9 Å². The standard InChI is InChI=1S/C46H32N2O2/c1-29-21-25-32(26-22-29)35-14-8-16-37-38-17-9-15-36(33-27-23-30(2)24-28-33)44(38)47(43(35)37)41-20-10-18-39-42(41)46(50)48(45(39)49)40-19-7-6-13-34(40)31-11-4-3-5-12-31/h3-28H,1-2H3. The lowest BCUT2D eigenvalue weighted by Crippen LogP contribution is -2.30. The van der Waals surface area contributed by atoms with Crippen molar-refractivity contribution in [3.05, 3.63) is 180 Å². The molecular weight excluding hydrogens is 613 g/mol. The van der Waals surface area contributed by atoms with Gasteiger partial charge in [-0.1, -0.05) is 151 Å². The zero-order valence-corrected chi connectivity index (χ0v) is 27.7. The molecule has 238 valence electrons. The summed E-state index contributed by atoms with van der Waals surface area (Å²) in [5.74, 6) is -0.659. The fourth-order valence-electron chi connectivity index (χ4n) is 7.49. The maximum absolute atomic E-state index is 14.9. The quantitative estimate of drug-likeness (QED) is 0.175. The highest BCUT2D eigenvalue weighted by Gasteiger charge is 2.40. The second-order valence-corrected chi connectivity index (χ2v) is 13.0. The van der Waals surface area contributed by atoms with Crippen LogP contribution in [0.1, 0.15) is 31.8 Å². The first-order chi connectivity index (χ1) is 24.5. The van der Waals surface area contributed by atoms with Gasteiger partial charge >= 0.3 is 0 Å². The minimum absolute atomic E-state index is 0.325. The number of benzene rings is 7. The van der Waals surface area contributed by atoms with Gasteiger partial charge in [0.25, 0.3) is 11.8 Å². The smallest absolute Gasteiger partial charge is 0.268 e. The number of anilines is 1. The minimum atomic E-state index is -0.334. The van der Waals surface area contributed by atoms with Crippen LogP contribution in [0.3, 0.4) is 0 Å². The molecule has 2 heterocycles. The number of aromatic nitrogens is 1. The van der Waals surface area contributed by atoms with Crippen LogP contribution >= 0.6 is 0 Å². The van der Waals surface area contributed by atoms with Crippen molar-refractivity contribution < 1.29 is 9.59 Å². The Morgan fingerprint density at radius 3 is 1.44 bits per heavy atom. The maximum atomic E-state index is 14.9. The summed E-state index contributed by atoms with van der Waals surface area (Å²) in [6, 6.07) is 53.1. The number of carbonyl (C=O) groups excluding carboxylic acids is 2. The summed E-state index contributed by atoms with van der Waals surface area (Å²) in [6.07, 6.45) is 0. The van der Waals surface area contributed by atoms with Crippen LogP contribution in [0.4, 0.5) is 5.69 Å². The first-order valence-corrected chi connectivity index (χ1v) is 16.9. The number of aryl methyl sites for hydroxylation is 2. The topological polar surface area (TPSA) is 42.3 Å². The second kappa shape index (κ2) is 11.6. The van der Waals surface area contributed by atoms with Crippen LogP contribution in [0, 0.1) is 13.8 Å². The highest BCUT2D eigenvalue weighted by Crippen LogP contribution is 2.44. The fourth-order valence-corrected chi connectivity index (χ4v) is 7.49. The third kappa shape index (κ3) is 4.53. The molecule has 8 aromatic rings. The number of amides is 2. The molecule has 0 radical (unpaired) electrons. The van der Waals surface area contributed by atoms with Crippen LogP contribution in [-0.4, -0.2) is 16.4 Å². The van der Waals surface area contributed by atoms with Gasteiger partial charge < -0.3 is 4.57 Å². The number of nitrogens with zero attached hydrogens (tertiary/aromatic N) is 2. The summed E-state index contributed by atoms with van der Waals surface area (Å²) in [7, 11) is 0. The predicted molar refractivity (Wildman–Crippen MR) is 204 cm³/mol. The number of rotatable bonds is 5. The molecule has 7 aromatic carbocycles. The molecule has 4 nitrogen and oxygen atoms in total. The van der Waals surface area contributed by atoms with Gasteiger partial charge in [-0.3, -0.25) is 9.59 Å². The Morgan fingerprint density at radius 2 is 0.840 bits per heavy atom. The molecule has 2 amide bonds. The monoisotopic (exact) mass is 644 g/mol. The third-order valence-electron chi connectivity index (χ3n) is 9.90. The van der Waals surface area contributed by atoms with E-state index in [2.05, 4.69) is 103 Å². The van der Waals surface area contributed by atoms with E-state index in [0.29, 0.717) is 22.5 Å². The molecule has 0 unspecified atom stereocenters. The van der Waals surface area contributed by atoms with E-state index in [4.69, 9.17) is 0 Å². The van der Waals surface area contributed by atoms with E-state index in [0.717, 1.165) is 55.2 Å². The van der Waals surface area contributed by atoms with Gasteiger partial charge in [0, 0.05) is 27.5 Å². The van der Waals surface area contributed by atoms with Crippen LogP contribution in [-0.2, 0) is 0 Å². The van der Waals surface area contributed by atoms with Crippen LogP contribution in [0.5, 0.6) is 0 Å². The molecule has 50 heavy (non-hydrogen) atoms. The molecular formula is C46H32N2O2. The summed E-state index contributed by atoms with van der Waals surface area (Å²) in [6.45, 7) is 4.18. The van der Waals surface area contributed by atoms with E-state index in [1.165, 1.54) is 16.0 Å². The van der Waals surface area contributed by atoms with Crippen molar-refractivity contribution in [2.24, 2.45) is 0 Å². The first kappa shape index (κ1) is 29.6. The van der Waals surface area contributed by atoms with Gasteiger partial charge in [-0.25, -0.2) is 4.90 Å². The first-order valence-electron chi connectivity index (χ1n) is 16.9. The molecule has 0 fully saturated rings. The average Bonchev–Trinajstić information content (AvgIpc) is 3.63. The zero-order valence-electron chi connectivity index (χ0n) is 27.7. The van der Waals surface area contributed by atoms with Gasteiger partial charge in [0.15, 0.2) is 0 Å². The molecule has 0 bridgehead atoms. The van der Waals surface area contributed by atoms with E-state index >= 15 is 0 Å². The molecule has 1 aliphatic heterocycles. The Bertz CT molecular complexity index is 2530. The summed E-state index contributed by atoms with van der Waals surface area (Å²) < 4.78 is 2.23. The molecule has 0 saturated heterocycles. The van der Waals surface area contributed by atoms with Gasteiger partial charge in [-0.05, 0) is 48.7 Å². The van der Waals surface area contributed by atoms with Crippen LogP contribution in [0.15, 0.2) is 158 Å². The minimum Gasteiger partial charge on any atom is -0.307 e. The number of fused-ring (bicyclic) bond motifs is 4. The van der Waals surface area contributed by atoms with Crippen LogP contribution in [0.2, 0.25) is 0 Å². The van der Waals surface area contributed by atoms with Crippen LogP contribution < -0.4 is 4.90 Å². The largest absolute Gasteiger partial charge is 0.307 e. The molecule has 4 heteroatoms. The predicted octanol–water partition coefficient (Wildman–Crippen LogP) is 11.2. The normalized spacial score (nSPS) is 12.6. The summed E-state index contributed by atoms with van der Waals surface area (Å²) in [4.78, 5) is 30.6. The Balaban J connectivity index is 1.35. The highest BCUT2D eigenvalue weighted by atomic mass is 16.2. The molecule has 0 spiro atoms. The molecule has 0 atom stereocenters. The molecule has 1 aromatic heterocycles. The van der Waals surface area contributed by atoms with E-state index in [-0.39, 0.29) is 11.8 Å². The van der Waals surface area contributed by atoms with Gasteiger partial charge in [-0.2, -0.15) is 0 Å². The lowest BCUT2D eigenvalue weighted by Gasteiger charge is -2.19. The van der Waals surface area contributed by atoms with Crippen molar-refractivity contribution in [1.29, 1.82) is 0 Å². The fraction of sp³-hybridized carbons (Fsp3) is 0.0435. The van der Waals surface area contributed by atoms with E-state index in [9.17, 15) is 9.59 Å². The van der Waals surface area contributed by atoms with Crippen molar-refractivity contribution in [3.63, 3.8) is 0 Å². The van der Waals surface area contributed by atoms with Crippen molar-refractivity contribution in [3.8, 4) is 39.1 Å². The van der Waals surface area contributed by atoms with Crippen molar-refractivity contribution in [2.75, 3.05) is 4.90 Å². The lowest BCUT2D eigenvalue weighted by atomic mass is 9.99. The van der Waals surface area contributed by atoms with Gasteiger partial charge in [0.2, 0.25) is 0 Å². The van der Waals surface area contributed by atoms with Gasteiger partial charge in [-0.15, -0.1) is 0 Å². The molecule has 9 rings (SSSR count). The van der Waals surface area contributed by atoms with E-state index < -0.39 is 0 Å². The zero-order chi connectivity index (χ0) is 33.9. The molecule has 0 saturated carbocycles. The van der Waals surface area contributed by atoms with E-state index in [1.54, 1.807) is 6.07 Å². The maximum Gasteiger partial charge on any atom is 0.268 e. The average molecular weight is 645 g/mol. The van der Waals surface area contributed by atoms with E-state index in [1.807, 2.05) is 66.7 Å². The summed E-state index contributed by atoms with van der Waals surface area (Å²) in [5, 5.41) is 2.15. The molecule has 1 aliphatic rings. The van der Waals surface area contributed by atoms with Crippen molar-refractivity contribution >= 4 is 39.3 Å². The number of hydrogen-bond donors (Lipinski definition) is 0. The number of hydrogen-bond acceptors (Lipinski definition) is 2. The Morgan fingerprint density at radius 1 is 0.380 bits per heavy atom.